The highest BCUT2D eigenvalue weighted by atomic mass is 19.1. The van der Waals surface area contributed by atoms with Gasteiger partial charge in [-0.1, -0.05) is 19.3 Å². The second-order valence-electron chi connectivity index (χ2n) is 6.82. The van der Waals surface area contributed by atoms with Crippen LogP contribution >= 0.6 is 0 Å². The Morgan fingerprint density at radius 1 is 1.20 bits per heavy atom. The predicted octanol–water partition coefficient (Wildman–Crippen LogP) is 3.35. The molecule has 0 spiro atoms. The number of benzene rings is 1. The number of aliphatic imine (C=N–C) groups is 1. The first-order chi connectivity index (χ1) is 12.1. The maximum atomic E-state index is 13.7. The average molecular weight is 353 g/mol. The van der Waals surface area contributed by atoms with E-state index >= 15 is 0 Å². The van der Waals surface area contributed by atoms with Gasteiger partial charge in [0.2, 0.25) is 0 Å². The summed E-state index contributed by atoms with van der Waals surface area (Å²) >= 11 is 0. The van der Waals surface area contributed by atoms with Crippen LogP contribution in [0.3, 0.4) is 0 Å². The fourth-order valence-corrected chi connectivity index (χ4v) is 3.50. The van der Waals surface area contributed by atoms with E-state index in [2.05, 4.69) is 15.6 Å². The third kappa shape index (κ3) is 5.96. The highest BCUT2D eigenvalue weighted by Crippen LogP contribution is 2.38. The van der Waals surface area contributed by atoms with Gasteiger partial charge in [0.1, 0.15) is 11.6 Å². The normalized spacial score (nSPS) is 17.4. The van der Waals surface area contributed by atoms with E-state index in [4.69, 9.17) is 0 Å². The van der Waals surface area contributed by atoms with E-state index in [0.717, 1.165) is 37.9 Å². The summed E-state index contributed by atoms with van der Waals surface area (Å²) in [6.07, 6.45) is 6.59. The van der Waals surface area contributed by atoms with Gasteiger partial charge in [-0.15, -0.1) is 0 Å². The molecule has 0 bridgehead atoms. The monoisotopic (exact) mass is 353 g/mol. The molecule has 1 fully saturated rings. The van der Waals surface area contributed by atoms with Crippen molar-refractivity contribution < 1.29 is 13.9 Å². The standard InChI is InChI=1S/C19H29F2N3O/c1-2-22-18(23-13-15-12-16(20)6-7-17(15)21)24-14-19(10-11-25)8-4-3-5-9-19/h6-7,12,25H,2-5,8-11,13-14H2,1H3,(H2,22,23,24). The average Bonchev–Trinajstić information content (AvgIpc) is 2.61. The summed E-state index contributed by atoms with van der Waals surface area (Å²) in [6, 6.07) is 3.41. The van der Waals surface area contributed by atoms with E-state index in [1.54, 1.807) is 0 Å². The van der Waals surface area contributed by atoms with Crippen molar-refractivity contribution in [3.05, 3.63) is 35.4 Å². The lowest BCUT2D eigenvalue weighted by Gasteiger charge is -2.37. The zero-order chi connectivity index (χ0) is 18.1. The molecular formula is C19H29F2N3O. The van der Waals surface area contributed by atoms with Crippen LogP contribution in [0.15, 0.2) is 23.2 Å². The summed E-state index contributed by atoms with van der Waals surface area (Å²) in [4.78, 5) is 4.39. The maximum absolute atomic E-state index is 13.7. The lowest BCUT2D eigenvalue weighted by atomic mass is 9.72. The van der Waals surface area contributed by atoms with Crippen LogP contribution in [0.25, 0.3) is 0 Å². The molecule has 0 saturated heterocycles. The Morgan fingerprint density at radius 2 is 1.96 bits per heavy atom. The quantitative estimate of drug-likeness (QED) is 0.520. The van der Waals surface area contributed by atoms with Crippen molar-refractivity contribution in [3.8, 4) is 0 Å². The van der Waals surface area contributed by atoms with Gasteiger partial charge in [-0.25, -0.2) is 13.8 Å². The second-order valence-corrected chi connectivity index (χ2v) is 6.82. The fourth-order valence-electron chi connectivity index (χ4n) is 3.50. The van der Waals surface area contributed by atoms with Crippen molar-refractivity contribution in [2.75, 3.05) is 19.7 Å². The van der Waals surface area contributed by atoms with Crippen molar-refractivity contribution in [1.82, 2.24) is 10.6 Å². The second kappa shape index (κ2) is 9.70. The number of nitrogens with zero attached hydrogens (tertiary/aromatic N) is 1. The molecule has 3 N–H and O–H groups in total. The molecule has 0 aromatic heterocycles. The first kappa shape index (κ1) is 19.6. The first-order valence-corrected chi connectivity index (χ1v) is 9.15. The Labute approximate surface area is 148 Å². The van der Waals surface area contributed by atoms with Crippen LogP contribution in [0, 0.1) is 17.0 Å². The Morgan fingerprint density at radius 3 is 2.64 bits per heavy atom. The van der Waals surface area contributed by atoms with E-state index in [-0.39, 0.29) is 24.1 Å². The third-order valence-electron chi connectivity index (χ3n) is 4.95. The molecule has 0 aliphatic heterocycles. The Balaban J connectivity index is 2.02. The molecule has 0 heterocycles. The molecule has 4 nitrogen and oxygen atoms in total. The van der Waals surface area contributed by atoms with Crippen molar-refractivity contribution in [2.45, 2.75) is 52.0 Å². The molecule has 6 heteroatoms. The summed E-state index contributed by atoms with van der Waals surface area (Å²) in [7, 11) is 0. The van der Waals surface area contributed by atoms with Gasteiger partial charge < -0.3 is 15.7 Å². The van der Waals surface area contributed by atoms with Gasteiger partial charge >= 0.3 is 0 Å². The van der Waals surface area contributed by atoms with Crippen LogP contribution in [0.1, 0.15) is 51.0 Å². The number of guanidine groups is 1. The first-order valence-electron chi connectivity index (χ1n) is 9.15. The predicted molar refractivity (Wildman–Crippen MR) is 96.4 cm³/mol. The summed E-state index contributed by atoms with van der Waals surface area (Å²) in [6.45, 7) is 3.63. The number of aliphatic hydroxyl groups excluding tert-OH is 1. The van der Waals surface area contributed by atoms with Crippen molar-refractivity contribution in [1.29, 1.82) is 0 Å². The molecule has 0 radical (unpaired) electrons. The van der Waals surface area contributed by atoms with Crippen LogP contribution in [0.2, 0.25) is 0 Å². The smallest absolute Gasteiger partial charge is 0.191 e. The molecule has 1 aromatic rings. The van der Waals surface area contributed by atoms with E-state index in [0.29, 0.717) is 12.5 Å². The molecule has 1 saturated carbocycles. The van der Waals surface area contributed by atoms with Gasteiger partial charge in [-0.2, -0.15) is 0 Å². The molecule has 0 amide bonds. The van der Waals surface area contributed by atoms with E-state index < -0.39 is 11.6 Å². The molecule has 0 atom stereocenters. The SMILES string of the molecule is CCNC(=NCc1cc(F)ccc1F)NCC1(CCO)CCCCC1. The molecule has 0 unspecified atom stereocenters. The number of rotatable bonds is 7. The summed E-state index contributed by atoms with van der Waals surface area (Å²) in [5.74, 6) is -0.326. The summed E-state index contributed by atoms with van der Waals surface area (Å²) in [5.41, 5.74) is 0.327. The van der Waals surface area contributed by atoms with E-state index in [1.165, 1.54) is 25.3 Å². The highest BCUT2D eigenvalue weighted by Gasteiger charge is 2.31. The number of hydrogen-bond donors (Lipinski definition) is 3. The lowest BCUT2D eigenvalue weighted by Crippen LogP contribution is -2.45. The number of halogens is 2. The van der Waals surface area contributed by atoms with Crippen LogP contribution < -0.4 is 10.6 Å². The van der Waals surface area contributed by atoms with Gasteiger partial charge in [-0.3, -0.25) is 0 Å². The highest BCUT2D eigenvalue weighted by molar-refractivity contribution is 5.79. The van der Waals surface area contributed by atoms with Crippen LogP contribution in [0.4, 0.5) is 8.78 Å². The summed E-state index contributed by atoms with van der Waals surface area (Å²) < 4.78 is 27.0. The minimum atomic E-state index is -0.464. The zero-order valence-corrected chi connectivity index (χ0v) is 15.0. The van der Waals surface area contributed by atoms with Crippen molar-refractivity contribution in [2.24, 2.45) is 10.4 Å². The van der Waals surface area contributed by atoms with Gasteiger partial charge in [0.15, 0.2) is 5.96 Å². The van der Waals surface area contributed by atoms with Crippen molar-refractivity contribution in [3.63, 3.8) is 0 Å². The van der Waals surface area contributed by atoms with Crippen LogP contribution in [-0.2, 0) is 6.54 Å². The van der Waals surface area contributed by atoms with Gasteiger partial charge in [0.25, 0.3) is 0 Å². The molecule has 25 heavy (non-hydrogen) atoms. The topological polar surface area (TPSA) is 56.7 Å². The number of hydrogen-bond acceptors (Lipinski definition) is 2. The Bertz CT molecular complexity index is 566. The number of aliphatic hydroxyl groups is 1. The summed E-state index contributed by atoms with van der Waals surface area (Å²) in [5, 5.41) is 15.9. The molecule has 1 aliphatic rings. The van der Waals surface area contributed by atoms with Crippen LogP contribution in [-0.4, -0.2) is 30.8 Å². The van der Waals surface area contributed by atoms with Gasteiger partial charge in [0, 0.05) is 25.3 Å². The molecule has 140 valence electrons. The maximum Gasteiger partial charge on any atom is 0.191 e. The minimum Gasteiger partial charge on any atom is -0.396 e. The van der Waals surface area contributed by atoms with Gasteiger partial charge in [0.05, 0.1) is 6.54 Å². The number of nitrogens with one attached hydrogen (secondary N) is 2. The van der Waals surface area contributed by atoms with Crippen molar-refractivity contribution >= 4 is 5.96 Å². The van der Waals surface area contributed by atoms with E-state index in [1.807, 2.05) is 6.92 Å². The zero-order valence-electron chi connectivity index (χ0n) is 15.0. The molecule has 1 aliphatic carbocycles. The fraction of sp³-hybridized carbons (Fsp3) is 0.632. The van der Waals surface area contributed by atoms with Crippen LogP contribution in [0.5, 0.6) is 0 Å². The lowest BCUT2D eigenvalue weighted by molar-refractivity contribution is 0.131. The van der Waals surface area contributed by atoms with E-state index in [9.17, 15) is 13.9 Å². The Hall–Kier alpha value is -1.69. The third-order valence-corrected chi connectivity index (χ3v) is 4.95. The molecular weight excluding hydrogens is 324 g/mol. The largest absolute Gasteiger partial charge is 0.396 e. The molecule has 2 rings (SSSR count). The molecule has 1 aromatic carbocycles. The minimum absolute atomic E-state index is 0.0753. The Kier molecular flexibility index (Phi) is 7.62. The van der Waals surface area contributed by atoms with Gasteiger partial charge in [-0.05, 0) is 49.8 Å².